The van der Waals surface area contributed by atoms with E-state index in [1.54, 1.807) is 7.11 Å². The number of carbonyl (C=O) groups excluding carboxylic acids is 1. The highest BCUT2D eigenvalue weighted by Gasteiger charge is 2.16. The number of benzene rings is 1. The van der Waals surface area contributed by atoms with Gasteiger partial charge in [0.2, 0.25) is 5.91 Å². The van der Waals surface area contributed by atoms with Crippen molar-refractivity contribution in [3.63, 3.8) is 0 Å². The molecule has 1 aliphatic rings. The lowest BCUT2D eigenvalue weighted by Crippen LogP contribution is -2.33. The van der Waals surface area contributed by atoms with Gasteiger partial charge in [-0.15, -0.1) is 24.0 Å². The first-order valence-electron chi connectivity index (χ1n) is 7.68. The number of rotatable bonds is 6. The van der Waals surface area contributed by atoms with Crippen LogP contribution in [0.1, 0.15) is 32.1 Å². The van der Waals surface area contributed by atoms with Crippen molar-refractivity contribution in [3.8, 4) is 5.75 Å². The SMILES string of the molecule is COc1ccccc1NC(N)=NCCC(=O)NC1CCCC1.I. The fourth-order valence-electron chi connectivity index (χ4n) is 2.57. The van der Waals surface area contributed by atoms with E-state index in [1.165, 1.54) is 12.8 Å². The standard InChI is InChI=1S/C16H24N4O2.HI/c1-22-14-9-5-4-8-13(14)20-16(17)18-11-10-15(21)19-12-6-2-3-7-12;/h4-5,8-9,12H,2-3,6-7,10-11H2,1H3,(H,19,21)(H3,17,18,20);1H. The first kappa shape index (κ1) is 19.5. The number of hydrogen-bond donors (Lipinski definition) is 3. The molecule has 1 aromatic rings. The molecule has 0 radical (unpaired) electrons. The van der Waals surface area contributed by atoms with E-state index in [4.69, 9.17) is 10.5 Å². The van der Waals surface area contributed by atoms with Crippen LogP contribution in [0.15, 0.2) is 29.3 Å². The number of guanidine groups is 1. The summed E-state index contributed by atoms with van der Waals surface area (Å²) in [5.41, 5.74) is 6.58. The van der Waals surface area contributed by atoms with Crippen LogP contribution in [-0.4, -0.2) is 31.6 Å². The summed E-state index contributed by atoms with van der Waals surface area (Å²) in [6.07, 6.45) is 4.95. The molecule has 0 aromatic heterocycles. The number of para-hydroxylation sites is 2. The molecule has 6 nitrogen and oxygen atoms in total. The summed E-state index contributed by atoms with van der Waals surface area (Å²) >= 11 is 0. The van der Waals surface area contributed by atoms with Crippen molar-refractivity contribution >= 4 is 41.5 Å². The van der Waals surface area contributed by atoms with Crippen LogP contribution in [0.25, 0.3) is 0 Å². The molecule has 7 heteroatoms. The van der Waals surface area contributed by atoms with Crippen LogP contribution in [0, 0.1) is 0 Å². The Bertz CT molecular complexity index is 531. The Morgan fingerprint density at radius 1 is 1.35 bits per heavy atom. The fourth-order valence-corrected chi connectivity index (χ4v) is 2.57. The average molecular weight is 432 g/mol. The van der Waals surface area contributed by atoms with Crippen LogP contribution in [0.5, 0.6) is 5.75 Å². The van der Waals surface area contributed by atoms with Crippen LogP contribution < -0.4 is 21.1 Å². The average Bonchev–Trinajstić information content (AvgIpc) is 3.00. The van der Waals surface area contributed by atoms with E-state index in [-0.39, 0.29) is 35.8 Å². The van der Waals surface area contributed by atoms with Crippen molar-refractivity contribution < 1.29 is 9.53 Å². The summed E-state index contributed by atoms with van der Waals surface area (Å²) in [7, 11) is 1.60. The molecule has 1 saturated carbocycles. The van der Waals surface area contributed by atoms with E-state index in [0.717, 1.165) is 18.5 Å². The second-order valence-electron chi connectivity index (χ2n) is 5.39. The van der Waals surface area contributed by atoms with Gasteiger partial charge in [0.15, 0.2) is 5.96 Å². The van der Waals surface area contributed by atoms with Crippen molar-refractivity contribution in [1.29, 1.82) is 0 Å². The first-order chi connectivity index (χ1) is 10.7. The summed E-state index contributed by atoms with van der Waals surface area (Å²) in [4.78, 5) is 16.0. The van der Waals surface area contributed by atoms with Gasteiger partial charge in [-0.2, -0.15) is 0 Å². The number of hydrogen-bond acceptors (Lipinski definition) is 3. The Kier molecular flexibility index (Phi) is 8.75. The summed E-state index contributed by atoms with van der Waals surface area (Å²) in [6.45, 7) is 0.368. The number of carbonyl (C=O) groups is 1. The van der Waals surface area contributed by atoms with Gasteiger partial charge in [-0.25, -0.2) is 0 Å². The number of anilines is 1. The van der Waals surface area contributed by atoms with E-state index in [0.29, 0.717) is 24.8 Å². The number of halogens is 1. The van der Waals surface area contributed by atoms with Crippen LogP contribution in [0.4, 0.5) is 5.69 Å². The molecule has 0 atom stereocenters. The largest absolute Gasteiger partial charge is 0.495 e. The zero-order valence-corrected chi connectivity index (χ0v) is 15.7. The Balaban J connectivity index is 0.00000264. The molecule has 4 N–H and O–H groups in total. The number of nitrogens with zero attached hydrogens (tertiary/aromatic N) is 1. The molecule has 1 aliphatic carbocycles. The molecule has 2 rings (SSSR count). The minimum Gasteiger partial charge on any atom is -0.495 e. The Morgan fingerprint density at radius 2 is 2.04 bits per heavy atom. The molecule has 128 valence electrons. The summed E-state index contributed by atoms with van der Waals surface area (Å²) in [6, 6.07) is 7.80. The van der Waals surface area contributed by atoms with Gasteiger partial charge in [-0.05, 0) is 25.0 Å². The van der Waals surface area contributed by atoms with Crippen molar-refractivity contribution in [2.24, 2.45) is 10.7 Å². The molecule has 0 aliphatic heterocycles. The van der Waals surface area contributed by atoms with E-state index < -0.39 is 0 Å². The highest BCUT2D eigenvalue weighted by molar-refractivity contribution is 14.0. The van der Waals surface area contributed by atoms with Gasteiger partial charge in [0, 0.05) is 12.5 Å². The number of nitrogens with two attached hydrogens (primary N) is 1. The smallest absolute Gasteiger partial charge is 0.222 e. The first-order valence-corrected chi connectivity index (χ1v) is 7.68. The quantitative estimate of drug-likeness (QED) is 0.366. The fraction of sp³-hybridized carbons (Fsp3) is 0.500. The minimum atomic E-state index is 0. The van der Waals surface area contributed by atoms with E-state index in [9.17, 15) is 4.79 Å². The zero-order chi connectivity index (χ0) is 15.8. The van der Waals surface area contributed by atoms with Gasteiger partial charge in [0.1, 0.15) is 5.75 Å². The molecule has 1 amide bonds. The molecular weight excluding hydrogens is 407 g/mol. The van der Waals surface area contributed by atoms with Gasteiger partial charge in [-0.1, -0.05) is 25.0 Å². The highest BCUT2D eigenvalue weighted by atomic mass is 127. The maximum atomic E-state index is 11.8. The normalized spacial score (nSPS) is 14.9. The van der Waals surface area contributed by atoms with E-state index in [1.807, 2.05) is 24.3 Å². The number of amides is 1. The van der Waals surface area contributed by atoms with Crippen LogP contribution >= 0.6 is 24.0 Å². The molecule has 1 fully saturated rings. The maximum Gasteiger partial charge on any atom is 0.222 e. The Hall–Kier alpha value is -1.51. The lowest BCUT2D eigenvalue weighted by molar-refractivity contribution is -0.121. The third-order valence-electron chi connectivity index (χ3n) is 3.71. The highest BCUT2D eigenvalue weighted by Crippen LogP contribution is 2.22. The second-order valence-corrected chi connectivity index (χ2v) is 5.39. The molecule has 23 heavy (non-hydrogen) atoms. The summed E-state index contributed by atoms with van der Waals surface area (Å²) in [5, 5.41) is 6.01. The van der Waals surface area contributed by atoms with E-state index in [2.05, 4.69) is 15.6 Å². The zero-order valence-electron chi connectivity index (χ0n) is 13.4. The number of ether oxygens (including phenoxy) is 1. The van der Waals surface area contributed by atoms with Crippen LogP contribution in [0.2, 0.25) is 0 Å². The number of nitrogens with one attached hydrogen (secondary N) is 2. The molecule has 1 aromatic carbocycles. The predicted molar refractivity (Wildman–Crippen MR) is 104 cm³/mol. The van der Waals surface area contributed by atoms with Gasteiger partial charge < -0.3 is 21.1 Å². The van der Waals surface area contributed by atoms with Crippen molar-refractivity contribution in [3.05, 3.63) is 24.3 Å². The topological polar surface area (TPSA) is 88.7 Å². The lowest BCUT2D eigenvalue weighted by atomic mass is 10.2. The van der Waals surface area contributed by atoms with Crippen molar-refractivity contribution in [1.82, 2.24) is 5.32 Å². The third-order valence-corrected chi connectivity index (χ3v) is 3.71. The van der Waals surface area contributed by atoms with Crippen molar-refractivity contribution in [2.75, 3.05) is 19.0 Å². The predicted octanol–water partition coefficient (Wildman–Crippen LogP) is 2.49. The van der Waals surface area contributed by atoms with Crippen LogP contribution in [0.3, 0.4) is 0 Å². The molecule has 0 spiro atoms. The number of aliphatic imine (C=N–C) groups is 1. The third kappa shape index (κ3) is 6.64. The maximum absolute atomic E-state index is 11.8. The molecule has 0 bridgehead atoms. The van der Waals surface area contributed by atoms with Gasteiger partial charge in [-0.3, -0.25) is 9.79 Å². The molecular formula is C16H25IN4O2. The molecule has 0 unspecified atom stereocenters. The van der Waals surface area contributed by atoms with Gasteiger partial charge >= 0.3 is 0 Å². The van der Waals surface area contributed by atoms with Crippen molar-refractivity contribution in [2.45, 2.75) is 38.1 Å². The van der Waals surface area contributed by atoms with Gasteiger partial charge in [0.25, 0.3) is 0 Å². The molecule has 0 heterocycles. The monoisotopic (exact) mass is 432 g/mol. The van der Waals surface area contributed by atoms with E-state index >= 15 is 0 Å². The van der Waals surface area contributed by atoms with Gasteiger partial charge in [0.05, 0.1) is 19.3 Å². The summed E-state index contributed by atoms with van der Waals surface area (Å²) < 4.78 is 5.23. The minimum absolute atomic E-state index is 0. The number of methoxy groups -OCH3 is 1. The second kappa shape index (κ2) is 10.3. The summed E-state index contributed by atoms with van der Waals surface area (Å²) in [5.74, 6) is 1.01. The Morgan fingerprint density at radius 3 is 2.74 bits per heavy atom. The lowest BCUT2D eigenvalue weighted by Gasteiger charge is -2.11. The molecule has 0 saturated heterocycles. The Labute approximate surface area is 154 Å². The van der Waals surface area contributed by atoms with Crippen LogP contribution in [-0.2, 0) is 4.79 Å².